The van der Waals surface area contributed by atoms with Crippen molar-refractivity contribution < 1.29 is 9.90 Å². The number of fused-ring (bicyclic) bond motifs is 1. The number of H-pyrrole nitrogens is 2. The molecule has 100 valence electrons. The van der Waals surface area contributed by atoms with Gasteiger partial charge in [0.2, 0.25) is 0 Å². The van der Waals surface area contributed by atoms with Crippen molar-refractivity contribution in [2.75, 3.05) is 0 Å². The smallest absolute Gasteiger partial charge is 0.337 e. The third-order valence-electron chi connectivity index (χ3n) is 3.06. The molecule has 0 fully saturated rings. The molecule has 1 heterocycles. The van der Waals surface area contributed by atoms with Gasteiger partial charge in [0, 0.05) is 5.56 Å². The highest BCUT2D eigenvalue weighted by atomic mass is 35.5. The number of halogens is 1. The van der Waals surface area contributed by atoms with E-state index in [0.717, 1.165) is 5.56 Å². The summed E-state index contributed by atoms with van der Waals surface area (Å²) in [6.45, 7) is 0. The van der Waals surface area contributed by atoms with E-state index in [-0.39, 0.29) is 16.3 Å². The quantitative estimate of drug-likeness (QED) is 0.678. The molecule has 0 radical (unpaired) electrons. The highest BCUT2D eigenvalue weighted by molar-refractivity contribution is 6.36. The minimum absolute atomic E-state index is 0.0480. The average Bonchev–Trinajstić information content (AvgIpc) is 2.77. The number of carbonyl (C=O) groups is 1. The maximum atomic E-state index is 11.2. The van der Waals surface area contributed by atoms with Crippen LogP contribution in [-0.2, 0) is 0 Å². The molecule has 1 aromatic heterocycles. The normalized spacial score (nSPS) is 10.8. The molecule has 0 atom stereocenters. The minimum Gasteiger partial charge on any atom is -0.478 e. The van der Waals surface area contributed by atoms with E-state index in [1.54, 1.807) is 30.3 Å². The number of nitrogens with one attached hydrogen (secondary N) is 2. The Labute approximate surface area is 117 Å². The number of hydrogen-bond acceptors (Lipinski definition) is 2. The molecule has 0 saturated carbocycles. The second-order valence-electron chi connectivity index (χ2n) is 4.31. The Morgan fingerprint density at radius 1 is 1.10 bits per heavy atom. The van der Waals surface area contributed by atoms with E-state index in [0.29, 0.717) is 16.6 Å². The number of benzene rings is 2. The lowest BCUT2D eigenvalue weighted by Crippen LogP contribution is -1.99. The van der Waals surface area contributed by atoms with Crippen LogP contribution in [-0.4, -0.2) is 21.0 Å². The van der Waals surface area contributed by atoms with Crippen molar-refractivity contribution in [3.63, 3.8) is 0 Å². The van der Waals surface area contributed by atoms with Crippen LogP contribution in [0, 0.1) is 0 Å². The largest absolute Gasteiger partial charge is 0.478 e. The van der Waals surface area contributed by atoms with Gasteiger partial charge in [-0.15, -0.1) is 0 Å². The average molecular weight is 289 g/mol. The number of rotatable bonds is 2. The molecule has 20 heavy (non-hydrogen) atoms. The van der Waals surface area contributed by atoms with E-state index in [4.69, 9.17) is 16.7 Å². The lowest BCUT2D eigenvalue weighted by molar-refractivity contribution is 0.0697. The highest BCUT2D eigenvalue weighted by Crippen LogP contribution is 2.31. The number of hydrogen-bond donors (Lipinski definition) is 3. The van der Waals surface area contributed by atoms with Crippen molar-refractivity contribution in [2.45, 2.75) is 0 Å². The molecule has 0 saturated heterocycles. The molecular weight excluding hydrogens is 280 g/mol. The first-order valence-electron chi connectivity index (χ1n) is 5.80. The summed E-state index contributed by atoms with van der Waals surface area (Å²) in [5.74, 6) is -1.08. The molecule has 3 N–H and O–H groups in total. The molecule has 0 spiro atoms. The third-order valence-corrected chi connectivity index (χ3v) is 3.46. The number of aromatic amines is 2. The molecule has 0 unspecified atom stereocenters. The second kappa shape index (κ2) is 4.54. The lowest BCUT2D eigenvalue weighted by atomic mass is 10.0. The summed E-state index contributed by atoms with van der Waals surface area (Å²) in [6, 6.07) is 10.1. The van der Waals surface area contributed by atoms with Gasteiger partial charge in [-0.05, 0) is 23.8 Å². The topological polar surface area (TPSA) is 85.9 Å². The zero-order chi connectivity index (χ0) is 14.3. The van der Waals surface area contributed by atoms with Crippen LogP contribution >= 0.6 is 11.6 Å². The first kappa shape index (κ1) is 12.5. The fourth-order valence-electron chi connectivity index (χ4n) is 2.12. The molecule has 3 rings (SSSR count). The summed E-state index contributed by atoms with van der Waals surface area (Å²) >= 11 is 6.13. The van der Waals surface area contributed by atoms with Crippen LogP contribution in [0.2, 0.25) is 5.02 Å². The van der Waals surface area contributed by atoms with E-state index in [1.165, 1.54) is 6.07 Å². The first-order valence-corrected chi connectivity index (χ1v) is 6.18. The number of carboxylic acids is 1. The number of aromatic carboxylic acids is 1. The van der Waals surface area contributed by atoms with Crippen molar-refractivity contribution >= 4 is 28.6 Å². The van der Waals surface area contributed by atoms with Crippen molar-refractivity contribution in [3.05, 3.63) is 57.5 Å². The highest BCUT2D eigenvalue weighted by Gasteiger charge is 2.13. The summed E-state index contributed by atoms with van der Waals surface area (Å²) in [4.78, 5) is 27.6. The molecule has 0 bridgehead atoms. The van der Waals surface area contributed by atoms with Gasteiger partial charge in [0.1, 0.15) is 0 Å². The van der Waals surface area contributed by atoms with Gasteiger partial charge in [-0.3, -0.25) is 0 Å². The Morgan fingerprint density at radius 2 is 1.85 bits per heavy atom. The summed E-state index contributed by atoms with van der Waals surface area (Å²) in [5, 5.41) is 9.25. The van der Waals surface area contributed by atoms with E-state index in [1.807, 2.05) is 0 Å². The predicted molar refractivity (Wildman–Crippen MR) is 76.3 cm³/mol. The van der Waals surface area contributed by atoms with Crippen molar-refractivity contribution in [2.24, 2.45) is 0 Å². The third kappa shape index (κ3) is 1.98. The van der Waals surface area contributed by atoms with Gasteiger partial charge in [-0.25, -0.2) is 9.59 Å². The van der Waals surface area contributed by atoms with Crippen LogP contribution in [0.3, 0.4) is 0 Å². The van der Waals surface area contributed by atoms with Gasteiger partial charge in [0.05, 0.1) is 21.6 Å². The molecule has 0 amide bonds. The molecule has 6 heteroatoms. The summed E-state index contributed by atoms with van der Waals surface area (Å²) in [5.41, 5.74) is 2.43. The fraction of sp³-hybridized carbons (Fsp3) is 0. The van der Waals surface area contributed by atoms with Gasteiger partial charge in [-0.1, -0.05) is 29.8 Å². The van der Waals surface area contributed by atoms with Crippen LogP contribution < -0.4 is 5.69 Å². The molecule has 0 aliphatic rings. The second-order valence-corrected chi connectivity index (χ2v) is 4.69. The predicted octanol–water partition coefficient (Wildman–Crippen LogP) is 2.87. The van der Waals surface area contributed by atoms with E-state index < -0.39 is 5.97 Å². The molecule has 2 aromatic carbocycles. The SMILES string of the molecule is O=C(O)c1cccc(-c2ccc3[nH]c(=O)[nH]c3c2)c1Cl. The van der Waals surface area contributed by atoms with E-state index >= 15 is 0 Å². The van der Waals surface area contributed by atoms with Crippen LogP contribution in [0.25, 0.3) is 22.2 Å². The van der Waals surface area contributed by atoms with E-state index in [2.05, 4.69) is 9.97 Å². The van der Waals surface area contributed by atoms with Crippen LogP contribution in [0.15, 0.2) is 41.2 Å². The van der Waals surface area contributed by atoms with Gasteiger partial charge < -0.3 is 15.1 Å². The van der Waals surface area contributed by atoms with Crippen molar-refractivity contribution in [3.8, 4) is 11.1 Å². The Kier molecular flexibility index (Phi) is 2.84. The maximum absolute atomic E-state index is 11.2. The van der Waals surface area contributed by atoms with Crippen molar-refractivity contribution in [1.82, 2.24) is 9.97 Å². The number of aromatic nitrogens is 2. The minimum atomic E-state index is -1.08. The fourth-order valence-corrected chi connectivity index (χ4v) is 2.44. The summed E-state index contributed by atoms with van der Waals surface area (Å²) in [6.07, 6.45) is 0. The first-order chi connectivity index (χ1) is 9.56. The van der Waals surface area contributed by atoms with Crippen LogP contribution in [0.1, 0.15) is 10.4 Å². The molecular formula is C14H9ClN2O3. The Hall–Kier alpha value is -2.53. The standard InChI is InChI=1S/C14H9ClN2O3/c15-12-8(2-1-3-9(12)13(18)19)7-4-5-10-11(6-7)17-14(20)16-10/h1-6H,(H,18,19)(H2,16,17,20). The number of imidazole rings is 1. The van der Waals surface area contributed by atoms with E-state index in [9.17, 15) is 9.59 Å². The molecule has 0 aliphatic carbocycles. The van der Waals surface area contributed by atoms with Gasteiger partial charge in [0.15, 0.2) is 0 Å². The summed E-state index contributed by atoms with van der Waals surface area (Å²) < 4.78 is 0. The Bertz CT molecular complexity index is 880. The Morgan fingerprint density at radius 3 is 2.60 bits per heavy atom. The van der Waals surface area contributed by atoms with Crippen molar-refractivity contribution in [1.29, 1.82) is 0 Å². The van der Waals surface area contributed by atoms with Gasteiger partial charge in [0.25, 0.3) is 0 Å². The zero-order valence-electron chi connectivity index (χ0n) is 10.1. The molecule has 3 aromatic rings. The Balaban J connectivity index is 2.22. The maximum Gasteiger partial charge on any atom is 0.337 e. The zero-order valence-corrected chi connectivity index (χ0v) is 10.9. The van der Waals surface area contributed by atoms with Crippen LogP contribution in [0.4, 0.5) is 0 Å². The monoisotopic (exact) mass is 288 g/mol. The van der Waals surface area contributed by atoms with Gasteiger partial charge in [-0.2, -0.15) is 0 Å². The summed E-state index contributed by atoms with van der Waals surface area (Å²) in [7, 11) is 0. The lowest BCUT2D eigenvalue weighted by Gasteiger charge is -2.07. The number of carboxylic acid groups (broad SMARTS) is 1. The van der Waals surface area contributed by atoms with Crippen LogP contribution in [0.5, 0.6) is 0 Å². The molecule has 0 aliphatic heterocycles. The van der Waals surface area contributed by atoms with Gasteiger partial charge >= 0.3 is 11.7 Å². The molecule has 5 nitrogen and oxygen atoms in total.